The van der Waals surface area contributed by atoms with Gasteiger partial charge >= 0.3 is 0 Å². The van der Waals surface area contributed by atoms with Gasteiger partial charge in [-0.25, -0.2) is 0 Å². The molecule has 0 spiro atoms. The number of aryl methyl sites for hydroxylation is 2. The fourth-order valence-corrected chi connectivity index (χ4v) is 2.35. The Kier molecular flexibility index (Phi) is 7.04. The minimum atomic E-state index is 0.649. The monoisotopic (exact) mass is 328 g/mol. The topological polar surface area (TPSA) is 33.3 Å². The van der Waals surface area contributed by atoms with Gasteiger partial charge in [-0.15, -0.1) is 0 Å². The number of nitrogens with one attached hydrogen (secondary N) is 2. The summed E-state index contributed by atoms with van der Waals surface area (Å²) in [5, 5.41) is 7.06. The molecule has 23 heavy (non-hydrogen) atoms. The number of ether oxygens (including phenoxy) is 1. The smallest absolute Gasteiger partial charge is 0.170 e. The minimum absolute atomic E-state index is 0.649. The van der Waals surface area contributed by atoms with Crippen molar-refractivity contribution < 1.29 is 4.74 Å². The molecule has 2 aromatic carbocycles. The van der Waals surface area contributed by atoms with Crippen LogP contribution in [0.25, 0.3) is 0 Å². The van der Waals surface area contributed by atoms with Gasteiger partial charge in [-0.3, -0.25) is 0 Å². The van der Waals surface area contributed by atoms with E-state index in [1.807, 2.05) is 24.3 Å². The third-order valence-corrected chi connectivity index (χ3v) is 3.87. The Hall–Kier alpha value is -1.91. The SMILES string of the molecule is Cc1ccc(NC(=S)NCCCOCc2ccccc2)cc1C. The molecule has 0 aromatic heterocycles. The van der Waals surface area contributed by atoms with Crippen molar-refractivity contribution in [3.8, 4) is 0 Å². The molecule has 0 saturated carbocycles. The molecule has 0 bridgehead atoms. The lowest BCUT2D eigenvalue weighted by molar-refractivity contribution is 0.119. The number of benzene rings is 2. The van der Waals surface area contributed by atoms with E-state index >= 15 is 0 Å². The van der Waals surface area contributed by atoms with Gasteiger partial charge in [0.2, 0.25) is 0 Å². The summed E-state index contributed by atoms with van der Waals surface area (Å²) in [5.41, 5.74) is 4.76. The first-order valence-electron chi connectivity index (χ1n) is 7.89. The fourth-order valence-electron chi connectivity index (χ4n) is 2.13. The zero-order valence-corrected chi connectivity index (χ0v) is 14.6. The van der Waals surface area contributed by atoms with E-state index in [9.17, 15) is 0 Å². The van der Waals surface area contributed by atoms with Gasteiger partial charge in [0.25, 0.3) is 0 Å². The minimum Gasteiger partial charge on any atom is -0.377 e. The number of thiocarbonyl (C=S) groups is 1. The maximum absolute atomic E-state index is 5.65. The van der Waals surface area contributed by atoms with Gasteiger partial charge in [-0.2, -0.15) is 0 Å². The van der Waals surface area contributed by atoms with Crippen molar-refractivity contribution in [2.75, 3.05) is 18.5 Å². The summed E-state index contributed by atoms with van der Waals surface area (Å²) in [7, 11) is 0. The largest absolute Gasteiger partial charge is 0.377 e. The van der Waals surface area contributed by atoms with Crippen LogP contribution < -0.4 is 10.6 Å². The van der Waals surface area contributed by atoms with Crippen molar-refractivity contribution in [3.63, 3.8) is 0 Å². The molecule has 0 aliphatic heterocycles. The highest BCUT2D eigenvalue weighted by molar-refractivity contribution is 7.80. The van der Waals surface area contributed by atoms with Crippen molar-refractivity contribution in [2.45, 2.75) is 26.9 Å². The van der Waals surface area contributed by atoms with Crippen LogP contribution in [0.15, 0.2) is 48.5 Å². The first-order chi connectivity index (χ1) is 11.1. The molecule has 0 fully saturated rings. The van der Waals surface area contributed by atoms with Gasteiger partial charge in [-0.1, -0.05) is 36.4 Å². The summed E-state index contributed by atoms with van der Waals surface area (Å²) in [4.78, 5) is 0. The molecule has 0 atom stereocenters. The highest BCUT2D eigenvalue weighted by atomic mass is 32.1. The van der Waals surface area contributed by atoms with E-state index in [0.29, 0.717) is 18.3 Å². The molecule has 122 valence electrons. The lowest BCUT2D eigenvalue weighted by atomic mass is 10.1. The molecule has 4 heteroatoms. The lowest BCUT2D eigenvalue weighted by Crippen LogP contribution is -2.29. The molecule has 0 saturated heterocycles. The zero-order chi connectivity index (χ0) is 16.5. The third-order valence-electron chi connectivity index (χ3n) is 3.63. The summed E-state index contributed by atoms with van der Waals surface area (Å²) in [6, 6.07) is 16.4. The number of anilines is 1. The van der Waals surface area contributed by atoms with Crippen LogP contribution >= 0.6 is 12.2 Å². The standard InChI is InChI=1S/C19H24N2OS/c1-15-9-10-18(13-16(15)2)21-19(23)20-11-6-12-22-14-17-7-4-3-5-8-17/h3-5,7-10,13H,6,11-12,14H2,1-2H3,(H2,20,21,23). The molecule has 2 rings (SSSR count). The highest BCUT2D eigenvalue weighted by Gasteiger charge is 1.99. The summed E-state index contributed by atoms with van der Waals surface area (Å²) in [6.45, 7) is 6.37. The van der Waals surface area contributed by atoms with Crippen LogP contribution in [0.5, 0.6) is 0 Å². The highest BCUT2D eigenvalue weighted by Crippen LogP contribution is 2.13. The molecular weight excluding hydrogens is 304 g/mol. The van der Waals surface area contributed by atoms with Crippen LogP contribution in [0.1, 0.15) is 23.1 Å². The molecule has 0 unspecified atom stereocenters. The number of rotatable bonds is 7. The Labute approximate surface area is 144 Å². The van der Waals surface area contributed by atoms with Gasteiger partial charge in [-0.05, 0) is 61.3 Å². The molecule has 0 aliphatic rings. The van der Waals surface area contributed by atoms with Crippen molar-refractivity contribution in [1.29, 1.82) is 0 Å². The second-order valence-electron chi connectivity index (χ2n) is 5.57. The van der Waals surface area contributed by atoms with Gasteiger partial charge in [0.15, 0.2) is 5.11 Å². The number of hydrogen-bond acceptors (Lipinski definition) is 2. The van der Waals surface area contributed by atoms with Crippen molar-refractivity contribution in [3.05, 3.63) is 65.2 Å². The predicted octanol–water partition coefficient (Wildman–Crippen LogP) is 4.20. The summed E-state index contributed by atoms with van der Waals surface area (Å²) in [5.74, 6) is 0. The molecule has 0 radical (unpaired) electrons. The van der Waals surface area contributed by atoms with Crippen molar-refractivity contribution >= 4 is 23.0 Å². The molecule has 0 amide bonds. The van der Waals surface area contributed by atoms with Gasteiger partial charge in [0.05, 0.1) is 6.61 Å². The Bertz CT molecular complexity index is 629. The molecule has 2 aromatic rings. The first kappa shape index (κ1) is 17.4. The summed E-state index contributed by atoms with van der Waals surface area (Å²) < 4.78 is 5.65. The zero-order valence-electron chi connectivity index (χ0n) is 13.8. The van der Waals surface area contributed by atoms with Crippen molar-refractivity contribution in [1.82, 2.24) is 5.32 Å². The first-order valence-corrected chi connectivity index (χ1v) is 8.30. The average molecular weight is 328 g/mol. The lowest BCUT2D eigenvalue weighted by Gasteiger charge is -2.12. The van der Waals surface area contributed by atoms with Crippen LogP contribution in [-0.4, -0.2) is 18.3 Å². The molecule has 2 N–H and O–H groups in total. The van der Waals surface area contributed by atoms with E-state index in [4.69, 9.17) is 17.0 Å². The quantitative estimate of drug-likeness (QED) is 0.589. The van der Waals surface area contributed by atoms with Crippen LogP contribution in [0.4, 0.5) is 5.69 Å². The van der Waals surface area contributed by atoms with E-state index in [1.165, 1.54) is 16.7 Å². The maximum Gasteiger partial charge on any atom is 0.170 e. The maximum atomic E-state index is 5.65. The fraction of sp³-hybridized carbons (Fsp3) is 0.316. The molecule has 0 heterocycles. The summed E-state index contributed by atoms with van der Waals surface area (Å²) >= 11 is 5.30. The molecule has 3 nitrogen and oxygen atoms in total. The second-order valence-corrected chi connectivity index (χ2v) is 5.98. The van der Waals surface area contributed by atoms with Crippen LogP contribution in [0.3, 0.4) is 0 Å². The normalized spacial score (nSPS) is 10.3. The molecule has 0 aliphatic carbocycles. The molecular formula is C19H24N2OS. The van der Waals surface area contributed by atoms with Crippen molar-refractivity contribution in [2.24, 2.45) is 0 Å². The van der Waals surface area contributed by atoms with E-state index in [0.717, 1.165) is 18.7 Å². The Morgan fingerprint density at radius 1 is 1.04 bits per heavy atom. The van der Waals surface area contributed by atoms with Crippen LogP contribution in [0, 0.1) is 13.8 Å². The van der Waals surface area contributed by atoms with Gasteiger partial charge in [0.1, 0.15) is 0 Å². The van der Waals surface area contributed by atoms with E-state index in [-0.39, 0.29) is 0 Å². The van der Waals surface area contributed by atoms with Gasteiger partial charge < -0.3 is 15.4 Å². The Balaban J connectivity index is 1.58. The van der Waals surface area contributed by atoms with Crippen LogP contribution in [-0.2, 0) is 11.3 Å². The van der Waals surface area contributed by atoms with E-state index in [1.54, 1.807) is 0 Å². The van der Waals surface area contributed by atoms with E-state index in [2.05, 4.69) is 48.7 Å². The summed E-state index contributed by atoms with van der Waals surface area (Å²) in [6.07, 6.45) is 0.918. The second kappa shape index (κ2) is 9.28. The van der Waals surface area contributed by atoms with E-state index < -0.39 is 0 Å². The third kappa shape index (κ3) is 6.38. The van der Waals surface area contributed by atoms with Crippen LogP contribution in [0.2, 0.25) is 0 Å². The average Bonchev–Trinajstić information content (AvgIpc) is 2.55. The Morgan fingerprint density at radius 3 is 2.57 bits per heavy atom. The predicted molar refractivity (Wildman–Crippen MR) is 101 cm³/mol. The number of hydrogen-bond donors (Lipinski definition) is 2. The van der Waals surface area contributed by atoms with Gasteiger partial charge in [0, 0.05) is 18.8 Å². The Morgan fingerprint density at radius 2 is 1.83 bits per heavy atom.